The molecule has 0 fully saturated rings. The molecule has 0 aliphatic carbocycles. The fraction of sp³-hybridized carbons (Fsp3) is 0.0909. The first kappa shape index (κ1) is 18.8. The number of hydrogen-bond donors (Lipinski definition) is 0. The minimum Gasteiger partial charge on any atom is -0.309 e. The Morgan fingerprint density at radius 3 is 2.83 bits per heavy atom. The van der Waals surface area contributed by atoms with Gasteiger partial charge in [0.15, 0.2) is 5.65 Å². The van der Waals surface area contributed by atoms with Gasteiger partial charge in [-0.05, 0) is 29.6 Å². The highest BCUT2D eigenvalue weighted by Crippen LogP contribution is 2.27. The van der Waals surface area contributed by atoms with Gasteiger partial charge < -0.3 is 4.90 Å². The van der Waals surface area contributed by atoms with E-state index in [0.717, 1.165) is 16.9 Å². The van der Waals surface area contributed by atoms with Gasteiger partial charge in [0, 0.05) is 30.9 Å². The Bertz CT molecular complexity index is 1210. The van der Waals surface area contributed by atoms with Crippen molar-refractivity contribution in [3.05, 3.63) is 83.3 Å². The van der Waals surface area contributed by atoms with Gasteiger partial charge in [0.25, 0.3) is 0 Å². The maximum Gasteiger partial charge on any atom is 0.224 e. The van der Waals surface area contributed by atoms with E-state index in [1.807, 2.05) is 41.8 Å². The number of aromatic nitrogens is 3. The molecule has 1 aromatic carbocycles. The molecule has 4 aromatic rings. The second kappa shape index (κ2) is 7.81. The maximum atomic E-state index is 12.8. The first-order chi connectivity index (χ1) is 14.1. The average molecular weight is 402 g/mol. The van der Waals surface area contributed by atoms with E-state index in [2.05, 4.69) is 16.7 Å². The summed E-state index contributed by atoms with van der Waals surface area (Å²) in [5.74, 6) is -0.160. The molecular weight excluding hydrogens is 384 g/mol. The van der Waals surface area contributed by atoms with E-state index in [0.29, 0.717) is 22.6 Å². The maximum absolute atomic E-state index is 12.8. The zero-order valence-corrected chi connectivity index (χ0v) is 16.6. The van der Waals surface area contributed by atoms with Crippen LogP contribution < -0.4 is 4.90 Å². The Morgan fingerprint density at radius 1 is 1.24 bits per heavy atom. The Labute approximate surface area is 171 Å². The second-order valence-corrected chi connectivity index (χ2v) is 7.35. The van der Waals surface area contributed by atoms with Crippen LogP contribution in [0.2, 0.25) is 0 Å². The molecule has 0 unspecified atom stereocenters. The van der Waals surface area contributed by atoms with Crippen LogP contribution >= 0.6 is 11.3 Å². The fourth-order valence-corrected chi connectivity index (χ4v) is 3.87. The molecule has 0 bridgehead atoms. The van der Waals surface area contributed by atoms with Gasteiger partial charge in [-0.15, -0.1) is 17.9 Å². The minimum atomic E-state index is -0.0952. The Kier molecular flexibility index (Phi) is 5.05. The van der Waals surface area contributed by atoms with Crippen LogP contribution in [0.4, 0.5) is 5.69 Å². The van der Waals surface area contributed by atoms with Crippen molar-refractivity contribution in [3.63, 3.8) is 0 Å². The molecule has 3 aromatic heterocycles. The topological polar surface area (TPSA) is 67.6 Å². The van der Waals surface area contributed by atoms with E-state index in [1.165, 1.54) is 18.3 Å². The van der Waals surface area contributed by atoms with Crippen LogP contribution in [0, 0.1) is 0 Å². The quantitative estimate of drug-likeness (QED) is 0.358. The summed E-state index contributed by atoms with van der Waals surface area (Å²) < 4.78 is 1.66. The van der Waals surface area contributed by atoms with Crippen LogP contribution in [0.25, 0.3) is 16.9 Å². The third-order valence-corrected chi connectivity index (χ3v) is 5.40. The standard InChI is InChI=1S/C22H18N4O2S/c1-3-11-25(15(2)27)17-7-4-6-16(13-17)19-9-10-23-22-18(14-24-26(19)22)21(28)20-8-5-12-29-20/h3-10,12-14H,1,11H2,2H3. The number of hydrogen-bond acceptors (Lipinski definition) is 5. The van der Waals surface area contributed by atoms with Crippen molar-refractivity contribution in [1.29, 1.82) is 0 Å². The van der Waals surface area contributed by atoms with E-state index in [9.17, 15) is 9.59 Å². The van der Waals surface area contributed by atoms with Gasteiger partial charge in [-0.25, -0.2) is 9.50 Å². The summed E-state index contributed by atoms with van der Waals surface area (Å²) in [7, 11) is 0. The highest BCUT2D eigenvalue weighted by Gasteiger charge is 2.19. The molecule has 0 N–H and O–H groups in total. The number of thiophene rings is 1. The Balaban J connectivity index is 1.80. The summed E-state index contributed by atoms with van der Waals surface area (Å²) >= 11 is 1.39. The second-order valence-electron chi connectivity index (χ2n) is 6.40. The lowest BCUT2D eigenvalue weighted by molar-refractivity contribution is -0.116. The summed E-state index contributed by atoms with van der Waals surface area (Å²) in [6, 6.07) is 13.1. The summed E-state index contributed by atoms with van der Waals surface area (Å²) in [5, 5.41) is 6.28. The van der Waals surface area contributed by atoms with Gasteiger partial charge in [-0.1, -0.05) is 24.3 Å². The highest BCUT2D eigenvalue weighted by molar-refractivity contribution is 7.12. The van der Waals surface area contributed by atoms with Crippen molar-refractivity contribution in [1.82, 2.24) is 14.6 Å². The number of ketones is 1. The summed E-state index contributed by atoms with van der Waals surface area (Å²) in [6.45, 7) is 5.67. The molecule has 0 saturated heterocycles. The molecule has 29 heavy (non-hydrogen) atoms. The number of rotatable bonds is 6. The van der Waals surface area contributed by atoms with Gasteiger partial charge in [-0.3, -0.25) is 9.59 Å². The smallest absolute Gasteiger partial charge is 0.224 e. The van der Waals surface area contributed by atoms with Crippen LogP contribution in [-0.2, 0) is 4.79 Å². The number of carbonyl (C=O) groups excluding carboxylic acids is 2. The van der Waals surface area contributed by atoms with Crippen molar-refractivity contribution in [2.24, 2.45) is 0 Å². The van der Waals surface area contributed by atoms with Crippen LogP contribution in [0.3, 0.4) is 0 Å². The zero-order valence-electron chi connectivity index (χ0n) is 15.8. The van der Waals surface area contributed by atoms with Crippen molar-refractivity contribution in [2.45, 2.75) is 6.92 Å². The number of anilines is 1. The van der Waals surface area contributed by atoms with E-state index >= 15 is 0 Å². The molecule has 6 nitrogen and oxygen atoms in total. The Hall–Kier alpha value is -3.58. The molecular formula is C22H18N4O2S. The van der Waals surface area contributed by atoms with E-state index in [1.54, 1.807) is 34.0 Å². The van der Waals surface area contributed by atoms with Gasteiger partial charge >= 0.3 is 0 Å². The molecule has 0 saturated carbocycles. The number of amides is 1. The van der Waals surface area contributed by atoms with Gasteiger partial charge in [0.2, 0.25) is 11.7 Å². The van der Waals surface area contributed by atoms with Crippen molar-refractivity contribution in [2.75, 3.05) is 11.4 Å². The lowest BCUT2D eigenvalue weighted by Crippen LogP contribution is -2.28. The van der Waals surface area contributed by atoms with Crippen LogP contribution in [0.15, 0.2) is 72.9 Å². The van der Waals surface area contributed by atoms with Crippen molar-refractivity contribution < 1.29 is 9.59 Å². The molecule has 0 radical (unpaired) electrons. The van der Waals surface area contributed by atoms with E-state index < -0.39 is 0 Å². The number of benzene rings is 1. The summed E-state index contributed by atoms with van der Waals surface area (Å²) in [5.41, 5.74) is 3.37. The van der Waals surface area contributed by atoms with E-state index in [-0.39, 0.29) is 11.7 Å². The third-order valence-electron chi connectivity index (χ3n) is 4.54. The van der Waals surface area contributed by atoms with Crippen molar-refractivity contribution in [3.8, 4) is 11.3 Å². The van der Waals surface area contributed by atoms with Crippen LogP contribution in [0.1, 0.15) is 22.2 Å². The summed E-state index contributed by atoms with van der Waals surface area (Å²) in [6.07, 6.45) is 4.91. The minimum absolute atomic E-state index is 0.0650. The monoisotopic (exact) mass is 402 g/mol. The number of fused-ring (bicyclic) bond motifs is 1. The molecule has 7 heteroatoms. The summed E-state index contributed by atoms with van der Waals surface area (Å²) in [4.78, 5) is 31.5. The van der Waals surface area contributed by atoms with Gasteiger partial charge in [0.1, 0.15) is 0 Å². The van der Waals surface area contributed by atoms with E-state index in [4.69, 9.17) is 0 Å². The molecule has 4 rings (SSSR count). The molecule has 3 heterocycles. The van der Waals surface area contributed by atoms with Crippen LogP contribution in [-0.4, -0.2) is 32.8 Å². The molecule has 0 spiro atoms. The van der Waals surface area contributed by atoms with Gasteiger partial charge in [-0.2, -0.15) is 5.10 Å². The first-order valence-corrected chi connectivity index (χ1v) is 9.88. The fourth-order valence-electron chi connectivity index (χ4n) is 3.19. The number of nitrogens with zero attached hydrogens (tertiary/aromatic N) is 4. The molecule has 0 aliphatic heterocycles. The lowest BCUT2D eigenvalue weighted by atomic mass is 10.1. The molecule has 0 aliphatic rings. The zero-order chi connectivity index (χ0) is 20.4. The third kappa shape index (κ3) is 3.48. The van der Waals surface area contributed by atoms with Crippen LogP contribution in [0.5, 0.6) is 0 Å². The Morgan fingerprint density at radius 2 is 2.10 bits per heavy atom. The average Bonchev–Trinajstić information content (AvgIpc) is 3.41. The predicted octanol–water partition coefficient (Wildman–Crippen LogP) is 4.23. The molecule has 1 amide bonds. The predicted molar refractivity (Wildman–Crippen MR) is 114 cm³/mol. The highest BCUT2D eigenvalue weighted by atomic mass is 32.1. The first-order valence-electron chi connectivity index (χ1n) is 9.00. The normalized spacial score (nSPS) is 10.8. The molecule has 0 atom stereocenters. The number of carbonyl (C=O) groups is 2. The largest absolute Gasteiger partial charge is 0.309 e. The van der Waals surface area contributed by atoms with Gasteiger partial charge in [0.05, 0.1) is 22.3 Å². The molecule has 144 valence electrons. The lowest BCUT2D eigenvalue weighted by Gasteiger charge is -2.20. The SMILES string of the molecule is C=CCN(C(C)=O)c1cccc(-c2ccnc3c(C(=O)c4cccs4)cnn23)c1. The van der Waals surface area contributed by atoms with Crippen molar-refractivity contribution >= 4 is 34.4 Å².